The van der Waals surface area contributed by atoms with Crippen molar-refractivity contribution in [3.63, 3.8) is 0 Å². The van der Waals surface area contributed by atoms with Crippen molar-refractivity contribution in [1.29, 1.82) is 0 Å². The molecular weight excluding hydrogens is 300 g/mol. The lowest BCUT2D eigenvalue weighted by Crippen LogP contribution is -2.20. The van der Waals surface area contributed by atoms with Gasteiger partial charge in [-0.15, -0.1) is 0 Å². The third-order valence-electron chi connectivity index (χ3n) is 3.53. The zero-order chi connectivity index (χ0) is 14.9. The first-order valence-corrected chi connectivity index (χ1v) is 7.11. The van der Waals surface area contributed by atoms with Crippen molar-refractivity contribution < 1.29 is 0 Å². The SMILES string of the molecule is Clc1ccc([C@H]2C=C(c3ccncc3)Nc3nnnn32)cc1. The zero-order valence-electron chi connectivity index (χ0n) is 11.4. The van der Waals surface area contributed by atoms with Gasteiger partial charge in [-0.3, -0.25) is 4.98 Å². The number of fused-ring (bicyclic) bond motifs is 1. The summed E-state index contributed by atoms with van der Waals surface area (Å²) in [5.41, 5.74) is 3.04. The highest BCUT2D eigenvalue weighted by Crippen LogP contribution is 2.31. The fourth-order valence-electron chi connectivity index (χ4n) is 2.45. The number of nitrogens with zero attached hydrogens (tertiary/aromatic N) is 5. The van der Waals surface area contributed by atoms with Crippen LogP contribution >= 0.6 is 11.6 Å². The topological polar surface area (TPSA) is 68.5 Å². The molecule has 0 fully saturated rings. The van der Waals surface area contributed by atoms with Gasteiger partial charge >= 0.3 is 0 Å². The fourth-order valence-corrected chi connectivity index (χ4v) is 2.58. The quantitative estimate of drug-likeness (QED) is 0.788. The molecule has 0 unspecified atom stereocenters. The lowest BCUT2D eigenvalue weighted by atomic mass is 10.0. The summed E-state index contributed by atoms with van der Waals surface area (Å²) in [4.78, 5) is 4.05. The van der Waals surface area contributed by atoms with E-state index >= 15 is 0 Å². The lowest BCUT2D eigenvalue weighted by molar-refractivity contribution is 0.586. The molecule has 6 nitrogen and oxygen atoms in total. The molecule has 1 atom stereocenters. The average Bonchev–Trinajstić information content (AvgIpc) is 3.04. The van der Waals surface area contributed by atoms with E-state index in [1.54, 1.807) is 17.1 Å². The molecule has 3 aromatic rings. The number of anilines is 1. The summed E-state index contributed by atoms with van der Waals surface area (Å²) in [6.07, 6.45) is 5.60. The molecule has 4 rings (SSSR count). The monoisotopic (exact) mass is 310 g/mol. The summed E-state index contributed by atoms with van der Waals surface area (Å²) in [5.74, 6) is 0.606. The summed E-state index contributed by atoms with van der Waals surface area (Å²) in [6.45, 7) is 0. The van der Waals surface area contributed by atoms with Crippen LogP contribution in [-0.2, 0) is 0 Å². The van der Waals surface area contributed by atoms with Crippen LogP contribution in [0.1, 0.15) is 17.2 Å². The Labute approximate surface area is 131 Å². The van der Waals surface area contributed by atoms with E-state index in [0.717, 1.165) is 16.8 Å². The number of halogens is 1. The maximum atomic E-state index is 5.97. The number of allylic oxidation sites excluding steroid dienone is 1. The molecule has 108 valence electrons. The van der Waals surface area contributed by atoms with Gasteiger partial charge in [0.05, 0.1) is 0 Å². The Morgan fingerprint density at radius 3 is 2.59 bits per heavy atom. The van der Waals surface area contributed by atoms with Gasteiger partial charge in [-0.25, -0.2) is 0 Å². The minimum Gasteiger partial charge on any atom is -0.323 e. The Kier molecular flexibility index (Phi) is 3.08. The van der Waals surface area contributed by atoms with Crippen LogP contribution < -0.4 is 5.32 Å². The summed E-state index contributed by atoms with van der Waals surface area (Å²) >= 11 is 5.97. The Hall–Kier alpha value is -2.73. The van der Waals surface area contributed by atoms with Crippen LogP contribution in [0.2, 0.25) is 5.02 Å². The molecule has 1 aliphatic rings. The number of hydrogen-bond acceptors (Lipinski definition) is 5. The fraction of sp³-hybridized carbons (Fsp3) is 0.0667. The van der Waals surface area contributed by atoms with Crippen LogP contribution in [0.4, 0.5) is 5.95 Å². The van der Waals surface area contributed by atoms with E-state index in [1.807, 2.05) is 36.4 Å². The second kappa shape index (κ2) is 5.23. The molecule has 0 spiro atoms. The number of benzene rings is 1. The van der Waals surface area contributed by atoms with Crippen molar-refractivity contribution in [3.05, 3.63) is 71.0 Å². The van der Waals surface area contributed by atoms with E-state index < -0.39 is 0 Å². The Morgan fingerprint density at radius 1 is 1.05 bits per heavy atom. The second-order valence-corrected chi connectivity index (χ2v) is 5.32. The molecule has 0 radical (unpaired) electrons. The standard InChI is InChI=1S/C15H11ClN6/c16-12-3-1-11(2-4-12)14-9-13(10-5-7-17-8-6-10)18-15-19-20-21-22(14)15/h1-9,14H,(H,18,19,21)/t14-/m1/s1. The molecule has 0 saturated carbocycles. The minimum atomic E-state index is -0.0910. The number of nitrogens with one attached hydrogen (secondary N) is 1. The van der Waals surface area contributed by atoms with Crippen molar-refractivity contribution in [2.45, 2.75) is 6.04 Å². The lowest BCUT2D eigenvalue weighted by Gasteiger charge is -2.23. The molecule has 1 aromatic carbocycles. The van der Waals surface area contributed by atoms with E-state index in [0.29, 0.717) is 11.0 Å². The summed E-state index contributed by atoms with van der Waals surface area (Å²) in [5, 5.41) is 15.8. The maximum absolute atomic E-state index is 5.97. The van der Waals surface area contributed by atoms with Crippen LogP contribution in [-0.4, -0.2) is 25.2 Å². The Morgan fingerprint density at radius 2 is 1.82 bits per heavy atom. The van der Waals surface area contributed by atoms with Crippen molar-refractivity contribution in [2.75, 3.05) is 5.32 Å². The Balaban J connectivity index is 1.81. The van der Waals surface area contributed by atoms with E-state index in [4.69, 9.17) is 11.6 Å². The molecule has 1 aliphatic heterocycles. The molecule has 2 aromatic heterocycles. The Bertz CT molecular complexity index is 825. The van der Waals surface area contributed by atoms with Crippen LogP contribution in [0.25, 0.3) is 5.70 Å². The van der Waals surface area contributed by atoms with Crippen molar-refractivity contribution in [1.82, 2.24) is 25.2 Å². The predicted octanol–water partition coefficient (Wildman–Crippen LogP) is 2.78. The smallest absolute Gasteiger partial charge is 0.248 e. The zero-order valence-corrected chi connectivity index (χ0v) is 12.1. The van der Waals surface area contributed by atoms with Crippen LogP contribution in [0, 0.1) is 0 Å². The van der Waals surface area contributed by atoms with Gasteiger partial charge in [0.25, 0.3) is 0 Å². The van der Waals surface area contributed by atoms with Crippen molar-refractivity contribution >= 4 is 23.2 Å². The molecule has 1 N–H and O–H groups in total. The molecule has 3 heterocycles. The van der Waals surface area contributed by atoms with Gasteiger partial charge in [0.2, 0.25) is 5.95 Å². The van der Waals surface area contributed by atoms with Gasteiger partial charge in [0.15, 0.2) is 0 Å². The summed E-state index contributed by atoms with van der Waals surface area (Å²) in [7, 11) is 0. The maximum Gasteiger partial charge on any atom is 0.248 e. The highest BCUT2D eigenvalue weighted by atomic mass is 35.5. The van der Waals surface area contributed by atoms with E-state index in [1.165, 1.54) is 0 Å². The number of hydrogen-bond donors (Lipinski definition) is 1. The molecule has 0 saturated heterocycles. The van der Waals surface area contributed by atoms with Gasteiger partial charge in [0, 0.05) is 28.7 Å². The highest BCUT2D eigenvalue weighted by Gasteiger charge is 2.24. The first-order chi connectivity index (χ1) is 10.8. The molecule has 7 heteroatoms. The van der Waals surface area contributed by atoms with Gasteiger partial charge in [0.1, 0.15) is 6.04 Å². The average molecular weight is 311 g/mol. The normalized spacial score (nSPS) is 16.6. The number of tetrazole rings is 1. The van der Waals surface area contributed by atoms with Crippen molar-refractivity contribution in [3.8, 4) is 0 Å². The van der Waals surface area contributed by atoms with Crippen molar-refractivity contribution in [2.24, 2.45) is 0 Å². The largest absolute Gasteiger partial charge is 0.323 e. The second-order valence-electron chi connectivity index (χ2n) is 4.88. The van der Waals surface area contributed by atoms with Crippen LogP contribution in [0.15, 0.2) is 54.9 Å². The molecule has 0 bridgehead atoms. The highest BCUT2D eigenvalue weighted by molar-refractivity contribution is 6.30. The van der Waals surface area contributed by atoms with Gasteiger partial charge in [-0.2, -0.15) is 4.68 Å². The molecular formula is C15H11ClN6. The number of rotatable bonds is 2. The van der Waals surface area contributed by atoms with Crippen LogP contribution in [0.5, 0.6) is 0 Å². The summed E-state index contributed by atoms with van der Waals surface area (Å²) in [6, 6.07) is 11.5. The first-order valence-electron chi connectivity index (χ1n) is 6.74. The van der Waals surface area contributed by atoms with E-state index in [-0.39, 0.29) is 6.04 Å². The third kappa shape index (κ3) is 2.23. The third-order valence-corrected chi connectivity index (χ3v) is 3.78. The van der Waals surface area contributed by atoms with Gasteiger partial charge < -0.3 is 5.32 Å². The van der Waals surface area contributed by atoms with E-state index in [2.05, 4.69) is 31.9 Å². The van der Waals surface area contributed by atoms with Gasteiger partial charge in [-0.1, -0.05) is 28.8 Å². The molecule has 22 heavy (non-hydrogen) atoms. The van der Waals surface area contributed by atoms with Gasteiger partial charge in [-0.05, 0) is 46.3 Å². The number of pyridine rings is 1. The number of aromatic nitrogens is 5. The van der Waals surface area contributed by atoms with E-state index in [9.17, 15) is 0 Å². The molecule has 0 aliphatic carbocycles. The molecule has 0 amide bonds. The van der Waals surface area contributed by atoms with Crippen LogP contribution in [0.3, 0.4) is 0 Å². The predicted molar refractivity (Wildman–Crippen MR) is 83.2 cm³/mol. The minimum absolute atomic E-state index is 0.0910. The first kappa shape index (κ1) is 13.0. The summed E-state index contributed by atoms with van der Waals surface area (Å²) < 4.78 is 1.74.